The van der Waals surface area contributed by atoms with Crippen LogP contribution >= 0.6 is 0 Å². The van der Waals surface area contributed by atoms with Gasteiger partial charge in [0.2, 0.25) is 0 Å². The molecule has 2 rings (SSSR count). The second-order valence-electron chi connectivity index (χ2n) is 7.46. The van der Waals surface area contributed by atoms with E-state index in [9.17, 15) is 0 Å². The average molecular weight is 281 g/mol. The summed E-state index contributed by atoms with van der Waals surface area (Å²) in [5.74, 6) is 2.73. The third-order valence-electron chi connectivity index (χ3n) is 5.75. The van der Waals surface area contributed by atoms with Crippen molar-refractivity contribution in [3.63, 3.8) is 0 Å². The van der Waals surface area contributed by atoms with Gasteiger partial charge in [-0.1, -0.05) is 40.0 Å². The minimum atomic E-state index is 0.746. The molecule has 3 unspecified atom stereocenters. The van der Waals surface area contributed by atoms with E-state index >= 15 is 0 Å². The second kappa shape index (κ2) is 8.38. The summed E-state index contributed by atoms with van der Waals surface area (Å²) in [7, 11) is 0. The Bertz CT molecular complexity index is 260. The molecule has 2 aliphatic rings. The summed E-state index contributed by atoms with van der Waals surface area (Å²) in [5, 5.41) is 3.87. The van der Waals surface area contributed by atoms with Gasteiger partial charge in [0.25, 0.3) is 0 Å². The first-order valence-electron chi connectivity index (χ1n) is 9.16. The predicted octanol–water partition coefficient (Wildman–Crippen LogP) is 3.91. The number of nitrogens with one attached hydrogen (secondary N) is 1. The minimum Gasteiger partial charge on any atom is -0.312 e. The molecule has 1 saturated heterocycles. The first kappa shape index (κ1) is 16.3. The average Bonchev–Trinajstić information content (AvgIpc) is 2.48. The van der Waals surface area contributed by atoms with E-state index < -0.39 is 0 Å². The molecule has 0 aromatic heterocycles. The molecule has 1 saturated carbocycles. The van der Waals surface area contributed by atoms with Crippen LogP contribution in [0.1, 0.15) is 65.7 Å². The number of nitrogens with zero attached hydrogens (tertiary/aromatic N) is 1. The van der Waals surface area contributed by atoms with Gasteiger partial charge in [0.05, 0.1) is 0 Å². The van der Waals surface area contributed by atoms with Crippen molar-refractivity contribution < 1.29 is 0 Å². The van der Waals surface area contributed by atoms with Crippen molar-refractivity contribution in [3.05, 3.63) is 0 Å². The molecule has 0 spiro atoms. The second-order valence-corrected chi connectivity index (χ2v) is 7.46. The minimum absolute atomic E-state index is 0.746. The van der Waals surface area contributed by atoms with Crippen LogP contribution < -0.4 is 5.32 Å². The summed E-state index contributed by atoms with van der Waals surface area (Å²) in [5.41, 5.74) is 0. The van der Waals surface area contributed by atoms with Gasteiger partial charge in [-0.3, -0.25) is 0 Å². The predicted molar refractivity (Wildman–Crippen MR) is 88.0 cm³/mol. The lowest BCUT2D eigenvalue weighted by molar-refractivity contribution is 0.109. The lowest BCUT2D eigenvalue weighted by Gasteiger charge is -2.40. The molecule has 2 fully saturated rings. The van der Waals surface area contributed by atoms with E-state index in [0.29, 0.717) is 0 Å². The summed E-state index contributed by atoms with van der Waals surface area (Å²) >= 11 is 0. The Balaban J connectivity index is 1.85. The van der Waals surface area contributed by atoms with E-state index in [-0.39, 0.29) is 0 Å². The Labute approximate surface area is 126 Å². The smallest absolute Gasteiger partial charge is 0.0223 e. The van der Waals surface area contributed by atoms with Crippen LogP contribution in [0.15, 0.2) is 0 Å². The van der Waals surface area contributed by atoms with Crippen LogP contribution in [0.3, 0.4) is 0 Å². The van der Waals surface area contributed by atoms with Gasteiger partial charge < -0.3 is 10.2 Å². The lowest BCUT2D eigenvalue weighted by atomic mass is 9.82. The van der Waals surface area contributed by atoms with Crippen LogP contribution in [0.2, 0.25) is 0 Å². The van der Waals surface area contributed by atoms with Crippen molar-refractivity contribution in [1.82, 2.24) is 10.2 Å². The molecule has 0 aromatic carbocycles. The molecule has 2 heteroatoms. The Kier molecular flexibility index (Phi) is 6.83. The van der Waals surface area contributed by atoms with Gasteiger partial charge in [0, 0.05) is 19.1 Å². The fourth-order valence-corrected chi connectivity index (χ4v) is 4.04. The Hall–Kier alpha value is -0.0800. The fourth-order valence-electron chi connectivity index (χ4n) is 4.04. The standard InChI is InChI=1S/C18H36N2/c1-4-11-19-18(17-8-6-5-7-9-17)14-20-12-10-15(2)16(3)13-20/h15-19H,4-14H2,1-3H3. The zero-order valence-corrected chi connectivity index (χ0v) is 14.0. The number of hydrogen-bond donors (Lipinski definition) is 1. The fraction of sp³-hybridized carbons (Fsp3) is 1.00. The Morgan fingerprint density at radius 2 is 1.80 bits per heavy atom. The molecule has 0 amide bonds. The SMILES string of the molecule is CCCNC(CN1CCC(C)C(C)C1)C1CCCCC1. The maximum absolute atomic E-state index is 3.87. The summed E-state index contributed by atoms with van der Waals surface area (Å²) < 4.78 is 0. The van der Waals surface area contributed by atoms with Crippen LogP contribution in [0.4, 0.5) is 0 Å². The molecule has 118 valence electrons. The topological polar surface area (TPSA) is 15.3 Å². The highest BCUT2D eigenvalue weighted by atomic mass is 15.2. The molecule has 0 bridgehead atoms. The number of hydrogen-bond acceptors (Lipinski definition) is 2. The molecule has 1 heterocycles. The highest BCUT2D eigenvalue weighted by Gasteiger charge is 2.28. The largest absolute Gasteiger partial charge is 0.312 e. The van der Waals surface area contributed by atoms with E-state index in [4.69, 9.17) is 0 Å². The summed E-state index contributed by atoms with van der Waals surface area (Å²) in [6, 6.07) is 0.746. The molecule has 2 nitrogen and oxygen atoms in total. The van der Waals surface area contributed by atoms with E-state index in [2.05, 4.69) is 31.0 Å². The van der Waals surface area contributed by atoms with E-state index in [1.807, 2.05) is 0 Å². The number of rotatable bonds is 6. The highest BCUT2D eigenvalue weighted by molar-refractivity contribution is 4.85. The van der Waals surface area contributed by atoms with Gasteiger partial charge in [-0.15, -0.1) is 0 Å². The molecular formula is C18H36N2. The normalized spacial score (nSPS) is 31.4. The summed E-state index contributed by atoms with van der Waals surface area (Å²) in [4.78, 5) is 2.74. The molecule has 0 radical (unpaired) electrons. The lowest BCUT2D eigenvalue weighted by Crippen LogP contribution is -2.49. The van der Waals surface area contributed by atoms with Crippen LogP contribution in [0.5, 0.6) is 0 Å². The maximum atomic E-state index is 3.87. The van der Waals surface area contributed by atoms with E-state index in [1.165, 1.54) is 71.1 Å². The van der Waals surface area contributed by atoms with Gasteiger partial charge in [0.15, 0.2) is 0 Å². The van der Waals surface area contributed by atoms with Gasteiger partial charge in [-0.2, -0.15) is 0 Å². The third kappa shape index (κ3) is 4.73. The Morgan fingerprint density at radius 3 is 2.45 bits per heavy atom. The van der Waals surface area contributed by atoms with E-state index in [0.717, 1.165) is 23.8 Å². The molecule has 1 N–H and O–H groups in total. The van der Waals surface area contributed by atoms with Crippen LogP contribution in [0, 0.1) is 17.8 Å². The molecule has 0 aromatic rings. The highest BCUT2D eigenvalue weighted by Crippen LogP contribution is 2.28. The zero-order valence-electron chi connectivity index (χ0n) is 14.0. The number of likely N-dealkylation sites (tertiary alicyclic amines) is 1. The molecule has 1 aliphatic heterocycles. The third-order valence-corrected chi connectivity index (χ3v) is 5.75. The van der Waals surface area contributed by atoms with Gasteiger partial charge in [-0.25, -0.2) is 0 Å². The summed E-state index contributed by atoms with van der Waals surface area (Å²) in [6.07, 6.45) is 9.96. The Morgan fingerprint density at radius 1 is 1.05 bits per heavy atom. The van der Waals surface area contributed by atoms with Crippen molar-refractivity contribution in [1.29, 1.82) is 0 Å². The first-order valence-corrected chi connectivity index (χ1v) is 9.16. The number of piperidine rings is 1. The van der Waals surface area contributed by atoms with Crippen molar-refractivity contribution in [2.75, 3.05) is 26.2 Å². The van der Waals surface area contributed by atoms with Crippen LogP contribution in [-0.2, 0) is 0 Å². The zero-order chi connectivity index (χ0) is 14.4. The van der Waals surface area contributed by atoms with Gasteiger partial charge in [-0.05, 0) is 56.5 Å². The van der Waals surface area contributed by atoms with Gasteiger partial charge in [0.1, 0.15) is 0 Å². The quantitative estimate of drug-likeness (QED) is 0.793. The molecule has 20 heavy (non-hydrogen) atoms. The van der Waals surface area contributed by atoms with Crippen molar-refractivity contribution in [2.45, 2.75) is 71.8 Å². The molecule has 1 aliphatic carbocycles. The maximum Gasteiger partial charge on any atom is 0.0223 e. The first-order chi connectivity index (χ1) is 9.70. The monoisotopic (exact) mass is 280 g/mol. The van der Waals surface area contributed by atoms with Crippen molar-refractivity contribution in [2.24, 2.45) is 17.8 Å². The van der Waals surface area contributed by atoms with Crippen molar-refractivity contribution >= 4 is 0 Å². The van der Waals surface area contributed by atoms with Crippen LogP contribution in [0.25, 0.3) is 0 Å². The summed E-state index contributed by atoms with van der Waals surface area (Å²) in [6.45, 7) is 12.3. The van der Waals surface area contributed by atoms with Crippen molar-refractivity contribution in [3.8, 4) is 0 Å². The van der Waals surface area contributed by atoms with Crippen LogP contribution in [-0.4, -0.2) is 37.1 Å². The molecule has 3 atom stereocenters. The van der Waals surface area contributed by atoms with Gasteiger partial charge >= 0.3 is 0 Å². The van der Waals surface area contributed by atoms with E-state index in [1.54, 1.807) is 0 Å². The molecular weight excluding hydrogens is 244 g/mol.